The van der Waals surface area contributed by atoms with Crippen molar-refractivity contribution < 1.29 is 22.4 Å². The monoisotopic (exact) mass is 348 g/mol. The molecule has 2 aromatic rings. The molecule has 23 heavy (non-hydrogen) atoms. The fourth-order valence-corrected chi connectivity index (χ4v) is 2.44. The van der Waals surface area contributed by atoms with Gasteiger partial charge in [-0.1, -0.05) is 18.3 Å². The molecule has 0 saturated carbocycles. The largest absolute Gasteiger partial charge is 0.331 e. The zero-order chi connectivity index (χ0) is 17.0. The Bertz CT molecular complexity index is 694. The molecule has 1 aromatic carbocycles. The first-order valence-corrected chi connectivity index (χ1v) is 7.36. The lowest BCUT2D eigenvalue weighted by atomic mass is 10.0. The van der Waals surface area contributed by atoms with Crippen LogP contribution in [0.4, 0.5) is 27.5 Å². The summed E-state index contributed by atoms with van der Waals surface area (Å²) in [6.45, 7) is 1.68. The first-order chi connectivity index (χ1) is 10.9. The second-order valence-electron chi connectivity index (χ2n) is 4.47. The van der Waals surface area contributed by atoms with Crippen LogP contribution in [0.15, 0.2) is 18.2 Å². The Kier molecular flexibility index (Phi) is 5.48. The van der Waals surface area contributed by atoms with Crippen LogP contribution in [-0.4, -0.2) is 16.2 Å². The number of hydrogen-bond donors (Lipinski definition) is 2. The maximum Gasteiger partial charge on any atom is 0.321 e. The van der Waals surface area contributed by atoms with Gasteiger partial charge in [-0.3, -0.25) is 5.32 Å². The number of carbonyl (C=O) groups is 1. The van der Waals surface area contributed by atoms with Crippen molar-refractivity contribution in [2.24, 2.45) is 0 Å². The number of rotatable bonds is 5. The number of halogens is 4. The molecule has 2 amide bonds. The molecular weight excluding hydrogens is 336 g/mol. The highest BCUT2D eigenvalue weighted by Gasteiger charge is 2.19. The van der Waals surface area contributed by atoms with Crippen molar-refractivity contribution in [3.05, 3.63) is 40.4 Å². The summed E-state index contributed by atoms with van der Waals surface area (Å²) in [7, 11) is 0. The minimum absolute atomic E-state index is 0.00631. The summed E-state index contributed by atoms with van der Waals surface area (Å²) >= 11 is 0.527. The average molecular weight is 348 g/mol. The van der Waals surface area contributed by atoms with Gasteiger partial charge in [-0.2, -0.15) is 0 Å². The zero-order valence-corrected chi connectivity index (χ0v) is 12.6. The van der Waals surface area contributed by atoms with Crippen LogP contribution in [0.5, 0.6) is 0 Å². The van der Waals surface area contributed by atoms with Crippen molar-refractivity contribution >= 4 is 22.5 Å². The highest BCUT2D eigenvalue weighted by Crippen LogP contribution is 2.25. The molecule has 0 aliphatic carbocycles. The standard InChI is InChI=1S/C13H12F4N4OS/c1-2-9(7-5-6(14)3-4-8(7)15)18-12(22)19-13-21-20-11(23-13)10(16)17/h3-5,9-10H,2H2,1H3,(H2,18,19,21,22). The van der Waals surface area contributed by atoms with Crippen molar-refractivity contribution in [2.75, 3.05) is 5.32 Å². The zero-order valence-electron chi connectivity index (χ0n) is 11.8. The van der Waals surface area contributed by atoms with Crippen molar-refractivity contribution in [3.63, 3.8) is 0 Å². The van der Waals surface area contributed by atoms with Crippen LogP contribution in [0.3, 0.4) is 0 Å². The fraction of sp³-hybridized carbons (Fsp3) is 0.308. The van der Waals surface area contributed by atoms with Gasteiger partial charge in [0.15, 0.2) is 5.01 Å². The molecule has 1 atom stereocenters. The molecule has 1 aromatic heterocycles. The van der Waals surface area contributed by atoms with E-state index in [1.807, 2.05) is 0 Å². The van der Waals surface area contributed by atoms with E-state index >= 15 is 0 Å². The number of nitrogens with zero attached hydrogens (tertiary/aromatic N) is 2. The number of anilines is 1. The van der Waals surface area contributed by atoms with Gasteiger partial charge in [0.05, 0.1) is 6.04 Å². The Hall–Kier alpha value is -2.23. The van der Waals surface area contributed by atoms with E-state index in [1.165, 1.54) is 0 Å². The van der Waals surface area contributed by atoms with Crippen molar-refractivity contribution in [3.8, 4) is 0 Å². The molecule has 0 saturated heterocycles. The lowest BCUT2D eigenvalue weighted by Gasteiger charge is -2.18. The lowest BCUT2D eigenvalue weighted by Crippen LogP contribution is -2.32. The Balaban J connectivity index is 2.06. The number of aromatic nitrogens is 2. The Morgan fingerprint density at radius 2 is 2.04 bits per heavy atom. The summed E-state index contributed by atoms with van der Waals surface area (Å²) in [5.41, 5.74) is -0.00631. The van der Waals surface area contributed by atoms with Crippen molar-refractivity contribution in [1.82, 2.24) is 15.5 Å². The molecule has 0 fully saturated rings. The molecule has 0 spiro atoms. The van der Waals surface area contributed by atoms with Gasteiger partial charge in [0.1, 0.15) is 11.6 Å². The number of nitrogens with one attached hydrogen (secondary N) is 2. The molecule has 5 nitrogen and oxygen atoms in total. The average Bonchev–Trinajstić information content (AvgIpc) is 2.96. The second kappa shape index (κ2) is 7.36. The van der Waals surface area contributed by atoms with Gasteiger partial charge in [-0.15, -0.1) is 10.2 Å². The van der Waals surface area contributed by atoms with E-state index < -0.39 is 35.1 Å². The quantitative estimate of drug-likeness (QED) is 0.802. The van der Waals surface area contributed by atoms with Gasteiger partial charge >= 0.3 is 6.03 Å². The van der Waals surface area contributed by atoms with E-state index in [-0.39, 0.29) is 10.7 Å². The highest BCUT2D eigenvalue weighted by molar-refractivity contribution is 7.15. The van der Waals surface area contributed by atoms with E-state index in [9.17, 15) is 22.4 Å². The van der Waals surface area contributed by atoms with Crippen LogP contribution in [0.1, 0.15) is 36.4 Å². The molecule has 2 N–H and O–H groups in total. The first kappa shape index (κ1) is 17.1. The SMILES string of the molecule is CCC(NC(=O)Nc1nnc(C(F)F)s1)c1cc(F)ccc1F. The summed E-state index contributed by atoms with van der Waals surface area (Å²) in [5.74, 6) is -1.29. The van der Waals surface area contributed by atoms with Gasteiger partial charge < -0.3 is 5.32 Å². The normalized spacial score (nSPS) is 12.3. The molecule has 1 heterocycles. The topological polar surface area (TPSA) is 66.9 Å². The summed E-state index contributed by atoms with van der Waals surface area (Å²) < 4.78 is 51.7. The summed E-state index contributed by atoms with van der Waals surface area (Å²) in [5, 5.41) is 10.6. The number of urea groups is 1. The number of amides is 2. The van der Waals surface area contributed by atoms with Gasteiger partial charge in [0, 0.05) is 5.56 Å². The Labute approximate surface area is 132 Å². The second-order valence-corrected chi connectivity index (χ2v) is 5.48. The molecule has 124 valence electrons. The van der Waals surface area contributed by atoms with Gasteiger partial charge in [-0.05, 0) is 24.6 Å². The summed E-state index contributed by atoms with van der Waals surface area (Å²) in [6, 6.07) is 1.36. The molecule has 2 rings (SSSR count). The third kappa shape index (κ3) is 4.38. The molecule has 0 bridgehead atoms. The molecule has 0 aliphatic rings. The third-order valence-corrected chi connectivity index (χ3v) is 3.74. The van der Waals surface area contributed by atoms with Crippen molar-refractivity contribution in [1.29, 1.82) is 0 Å². The van der Waals surface area contributed by atoms with Crippen LogP contribution in [0.25, 0.3) is 0 Å². The minimum atomic E-state index is -2.78. The van der Waals surface area contributed by atoms with Gasteiger partial charge in [-0.25, -0.2) is 22.4 Å². The van der Waals surface area contributed by atoms with Crippen LogP contribution in [0.2, 0.25) is 0 Å². The molecule has 10 heteroatoms. The van der Waals surface area contributed by atoms with Crippen LogP contribution >= 0.6 is 11.3 Å². The number of hydrogen-bond acceptors (Lipinski definition) is 4. The van der Waals surface area contributed by atoms with E-state index in [0.29, 0.717) is 17.8 Å². The molecular formula is C13H12F4N4OS. The van der Waals surface area contributed by atoms with Crippen LogP contribution in [0, 0.1) is 11.6 Å². The Morgan fingerprint density at radius 3 is 2.65 bits per heavy atom. The lowest BCUT2D eigenvalue weighted by molar-refractivity contribution is 0.150. The predicted octanol–water partition coefficient (Wildman–Crippen LogP) is 4.03. The van der Waals surface area contributed by atoms with E-state index in [0.717, 1.165) is 18.2 Å². The maximum atomic E-state index is 13.7. The van der Waals surface area contributed by atoms with Gasteiger partial charge in [0.25, 0.3) is 6.43 Å². The van der Waals surface area contributed by atoms with Crippen molar-refractivity contribution in [2.45, 2.75) is 25.8 Å². The van der Waals surface area contributed by atoms with Crippen LogP contribution < -0.4 is 10.6 Å². The first-order valence-electron chi connectivity index (χ1n) is 6.54. The van der Waals surface area contributed by atoms with Crippen LogP contribution in [-0.2, 0) is 0 Å². The summed E-state index contributed by atoms with van der Waals surface area (Å²) in [6.07, 6.45) is -2.48. The number of alkyl halides is 2. The number of benzene rings is 1. The van der Waals surface area contributed by atoms with E-state index in [4.69, 9.17) is 0 Å². The van der Waals surface area contributed by atoms with Gasteiger partial charge in [0.2, 0.25) is 5.13 Å². The van der Waals surface area contributed by atoms with E-state index in [1.54, 1.807) is 6.92 Å². The Morgan fingerprint density at radius 1 is 1.30 bits per heavy atom. The fourth-order valence-electron chi connectivity index (χ4n) is 1.85. The highest BCUT2D eigenvalue weighted by atomic mass is 32.1. The maximum absolute atomic E-state index is 13.7. The number of carbonyl (C=O) groups excluding carboxylic acids is 1. The molecule has 0 aliphatic heterocycles. The molecule has 0 radical (unpaired) electrons. The smallest absolute Gasteiger partial charge is 0.321 e. The minimum Gasteiger partial charge on any atom is -0.331 e. The predicted molar refractivity (Wildman–Crippen MR) is 76.4 cm³/mol. The van der Waals surface area contributed by atoms with E-state index in [2.05, 4.69) is 20.8 Å². The third-order valence-electron chi connectivity index (χ3n) is 2.89. The summed E-state index contributed by atoms with van der Waals surface area (Å²) in [4.78, 5) is 11.8. The molecule has 1 unspecified atom stereocenters.